The maximum absolute atomic E-state index is 11.9. The van der Waals surface area contributed by atoms with Crippen LogP contribution in [0, 0.1) is 16.0 Å². The summed E-state index contributed by atoms with van der Waals surface area (Å²) in [7, 11) is 1.61. The van der Waals surface area contributed by atoms with E-state index in [0.717, 1.165) is 0 Å². The number of rotatable bonds is 6. The van der Waals surface area contributed by atoms with Crippen molar-refractivity contribution in [2.24, 2.45) is 11.7 Å². The molecule has 1 aromatic rings. The molecule has 0 aliphatic rings. The number of hydrogen-bond donors (Lipinski definition) is 1. The smallest absolute Gasteiger partial charge is 0.395 e. The summed E-state index contributed by atoms with van der Waals surface area (Å²) < 4.78 is 4.86. The summed E-state index contributed by atoms with van der Waals surface area (Å²) >= 11 is 0. The van der Waals surface area contributed by atoms with Gasteiger partial charge in [0.1, 0.15) is 4.92 Å². The van der Waals surface area contributed by atoms with Crippen LogP contribution in [0.25, 0.3) is 0 Å². The predicted octanol–water partition coefficient (Wildman–Crippen LogP) is 1.63. The molecule has 1 rings (SSSR count). The van der Waals surface area contributed by atoms with Crippen molar-refractivity contribution in [2.45, 2.75) is 26.3 Å². The van der Waals surface area contributed by atoms with E-state index in [1.807, 2.05) is 13.8 Å². The average molecular weight is 269 g/mol. The van der Waals surface area contributed by atoms with Gasteiger partial charge in [0.15, 0.2) is 5.76 Å². The van der Waals surface area contributed by atoms with Crippen molar-refractivity contribution in [3.05, 3.63) is 28.0 Å². The lowest BCUT2D eigenvalue weighted by Gasteiger charge is -2.20. The lowest BCUT2D eigenvalue weighted by Crippen LogP contribution is -2.34. The molecule has 0 bridgehead atoms. The van der Waals surface area contributed by atoms with E-state index in [9.17, 15) is 14.9 Å². The zero-order valence-electron chi connectivity index (χ0n) is 11.3. The van der Waals surface area contributed by atoms with Gasteiger partial charge < -0.3 is 15.1 Å². The fraction of sp³-hybridized carbons (Fsp3) is 0.583. The van der Waals surface area contributed by atoms with Gasteiger partial charge in [-0.1, -0.05) is 13.8 Å². The molecule has 1 atom stereocenters. The van der Waals surface area contributed by atoms with Gasteiger partial charge >= 0.3 is 5.88 Å². The number of nitrogens with two attached hydrogens (primary N) is 1. The van der Waals surface area contributed by atoms with Gasteiger partial charge in [-0.2, -0.15) is 0 Å². The number of carbonyl (C=O) groups is 1. The van der Waals surface area contributed by atoms with Crippen molar-refractivity contribution >= 4 is 11.8 Å². The second-order valence-electron chi connectivity index (χ2n) is 4.82. The van der Waals surface area contributed by atoms with E-state index in [4.69, 9.17) is 10.2 Å². The first kappa shape index (κ1) is 15.2. The Balaban J connectivity index is 2.58. The third-order valence-electron chi connectivity index (χ3n) is 2.98. The Hall–Kier alpha value is -1.89. The highest BCUT2D eigenvalue weighted by molar-refractivity contribution is 5.91. The highest BCUT2D eigenvalue weighted by Crippen LogP contribution is 2.17. The van der Waals surface area contributed by atoms with Gasteiger partial charge in [-0.3, -0.25) is 14.9 Å². The topological polar surface area (TPSA) is 103 Å². The lowest BCUT2D eigenvalue weighted by atomic mass is 10.0. The lowest BCUT2D eigenvalue weighted by molar-refractivity contribution is -0.402. The Bertz CT molecular complexity index is 456. The van der Waals surface area contributed by atoms with Crippen LogP contribution in [-0.4, -0.2) is 35.4 Å². The molecule has 1 aromatic heterocycles. The van der Waals surface area contributed by atoms with E-state index < -0.39 is 10.8 Å². The van der Waals surface area contributed by atoms with Gasteiger partial charge in [0.05, 0.1) is 6.07 Å². The summed E-state index contributed by atoms with van der Waals surface area (Å²) in [4.78, 5) is 23.2. The summed E-state index contributed by atoms with van der Waals surface area (Å²) in [5.74, 6) is -0.514. The van der Waals surface area contributed by atoms with E-state index in [-0.39, 0.29) is 17.7 Å². The van der Waals surface area contributed by atoms with Crippen molar-refractivity contribution < 1.29 is 14.1 Å². The number of hydrogen-bond acceptors (Lipinski definition) is 5. The molecule has 0 saturated carbocycles. The fourth-order valence-corrected chi connectivity index (χ4v) is 1.51. The highest BCUT2D eigenvalue weighted by atomic mass is 16.6. The van der Waals surface area contributed by atoms with E-state index in [1.165, 1.54) is 17.0 Å². The molecule has 106 valence electrons. The van der Waals surface area contributed by atoms with Gasteiger partial charge in [-0.25, -0.2) is 0 Å². The maximum Gasteiger partial charge on any atom is 0.433 e. The van der Waals surface area contributed by atoms with Gasteiger partial charge in [0.2, 0.25) is 0 Å². The van der Waals surface area contributed by atoms with Gasteiger partial charge in [-0.05, 0) is 18.4 Å². The molecule has 0 aromatic carbocycles. The normalized spacial score (nSPS) is 12.5. The molecule has 19 heavy (non-hydrogen) atoms. The van der Waals surface area contributed by atoms with Crippen LogP contribution in [0.3, 0.4) is 0 Å². The number of amides is 1. The van der Waals surface area contributed by atoms with Crippen molar-refractivity contribution in [1.82, 2.24) is 4.90 Å². The minimum atomic E-state index is -0.675. The number of nitro groups is 1. The number of carbonyl (C=O) groups excluding carboxylic acids is 1. The molecule has 0 aliphatic heterocycles. The molecule has 0 saturated heterocycles. The SMILES string of the molecule is CC(C)C(N)CCN(C)C(=O)c1ccc([N+](=O)[O-])o1. The quantitative estimate of drug-likeness (QED) is 0.624. The van der Waals surface area contributed by atoms with Gasteiger partial charge in [0.25, 0.3) is 5.91 Å². The zero-order chi connectivity index (χ0) is 14.6. The summed E-state index contributed by atoms with van der Waals surface area (Å²) in [5.41, 5.74) is 5.90. The Morgan fingerprint density at radius 2 is 2.16 bits per heavy atom. The van der Waals surface area contributed by atoms with Crippen molar-refractivity contribution in [1.29, 1.82) is 0 Å². The van der Waals surface area contributed by atoms with E-state index >= 15 is 0 Å². The predicted molar refractivity (Wildman–Crippen MR) is 69.8 cm³/mol. The minimum absolute atomic E-state index is 0.0150. The second kappa shape index (κ2) is 6.33. The molecular weight excluding hydrogens is 250 g/mol. The Labute approximate surface area is 111 Å². The first-order chi connectivity index (χ1) is 8.82. The van der Waals surface area contributed by atoms with Crippen molar-refractivity contribution in [3.63, 3.8) is 0 Å². The van der Waals surface area contributed by atoms with E-state index in [2.05, 4.69) is 0 Å². The first-order valence-corrected chi connectivity index (χ1v) is 6.08. The zero-order valence-corrected chi connectivity index (χ0v) is 11.3. The molecule has 0 aliphatic carbocycles. The Kier molecular flexibility index (Phi) is 5.05. The molecule has 1 amide bonds. The monoisotopic (exact) mass is 269 g/mol. The summed E-state index contributed by atoms with van der Waals surface area (Å²) in [5, 5.41) is 10.5. The van der Waals surface area contributed by atoms with Crippen LogP contribution in [0.15, 0.2) is 16.5 Å². The summed E-state index contributed by atoms with van der Waals surface area (Å²) in [6, 6.07) is 2.49. The van der Waals surface area contributed by atoms with Crippen molar-refractivity contribution in [3.8, 4) is 0 Å². The van der Waals surface area contributed by atoms with Crippen LogP contribution >= 0.6 is 0 Å². The van der Waals surface area contributed by atoms with Crippen molar-refractivity contribution in [2.75, 3.05) is 13.6 Å². The standard InChI is InChI=1S/C12H19N3O4/c1-8(2)9(13)6-7-14(3)12(16)10-4-5-11(19-10)15(17)18/h4-5,8-9H,6-7,13H2,1-3H3. The highest BCUT2D eigenvalue weighted by Gasteiger charge is 2.20. The second-order valence-corrected chi connectivity index (χ2v) is 4.82. The molecule has 7 heteroatoms. The average Bonchev–Trinajstić information content (AvgIpc) is 2.83. The third kappa shape index (κ3) is 4.06. The molecule has 0 spiro atoms. The van der Waals surface area contributed by atoms with Crippen LogP contribution in [0.2, 0.25) is 0 Å². The number of nitrogens with zero attached hydrogens (tertiary/aromatic N) is 2. The molecule has 0 fully saturated rings. The van der Waals surface area contributed by atoms with Crippen LogP contribution in [0.1, 0.15) is 30.8 Å². The minimum Gasteiger partial charge on any atom is -0.395 e. The Morgan fingerprint density at radius 1 is 1.53 bits per heavy atom. The van der Waals surface area contributed by atoms with Crippen LogP contribution < -0.4 is 5.73 Å². The molecule has 1 unspecified atom stereocenters. The Morgan fingerprint density at radius 3 is 2.63 bits per heavy atom. The maximum atomic E-state index is 11.9. The van der Waals surface area contributed by atoms with Crippen LogP contribution in [-0.2, 0) is 0 Å². The van der Waals surface area contributed by atoms with E-state index in [0.29, 0.717) is 18.9 Å². The third-order valence-corrected chi connectivity index (χ3v) is 2.98. The van der Waals surface area contributed by atoms with Gasteiger partial charge in [0, 0.05) is 19.6 Å². The first-order valence-electron chi connectivity index (χ1n) is 6.08. The fourth-order valence-electron chi connectivity index (χ4n) is 1.51. The van der Waals surface area contributed by atoms with Crippen LogP contribution in [0.4, 0.5) is 5.88 Å². The summed E-state index contributed by atoms with van der Waals surface area (Å²) in [6.07, 6.45) is 0.669. The molecule has 1 heterocycles. The molecule has 7 nitrogen and oxygen atoms in total. The largest absolute Gasteiger partial charge is 0.433 e. The van der Waals surface area contributed by atoms with Crippen LogP contribution in [0.5, 0.6) is 0 Å². The molecule has 0 radical (unpaired) electrons. The molecule has 2 N–H and O–H groups in total. The van der Waals surface area contributed by atoms with E-state index in [1.54, 1.807) is 7.05 Å². The number of furan rings is 1. The summed E-state index contributed by atoms with van der Waals surface area (Å²) in [6.45, 7) is 4.51. The van der Waals surface area contributed by atoms with Gasteiger partial charge in [-0.15, -0.1) is 0 Å². The molecular formula is C12H19N3O4.